The Balaban J connectivity index is 1.42. The summed E-state index contributed by atoms with van der Waals surface area (Å²) in [5, 5.41) is 0. The molecule has 2 fully saturated rings. The monoisotopic (exact) mass is 614 g/mol. The van der Waals surface area contributed by atoms with E-state index in [0.29, 0.717) is 11.5 Å². The second-order valence-electron chi connectivity index (χ2n) is 13.7. The molecule has 224 valence electrons. The summed E-state index contributed by atoms with van der Waals surface area (Å²) in [5.74, 6) is 1.43. The highest BCUT2D eigenvalue weighted by atomic mass is 32.1. The van der Waals surface area contributed by atoms with E-state index in [-0.39, 0.29) is 0 Å². The van der Waals surface area contributed by atoms with Crippen LogP contribution in [0.2, 0.25) is 0 Å². The van der Waals surface area contributed by atoms with E-state index >= 15 is 0 Å². The van der Waals surface area contributed by atoms with Gasteiger partial charge in [0.05, 0.1) is 22.4 Å². The fourth-order valence-corrected chi connectivity index (χ4v) is 6.90. The SMILES string of the molecule is Cc1ccc(-c2cc(Oc3cc(B4OC(C)(C)C(C)(C)O4)cc(-c4ccc(C)s4)c3)cc(B3OC(C)(C)C(C)(C)O3)c2)s1. The maximum absolute atomic E-state index is 6.71. The molecule has 0 amide bonds. The summed E-state index contributed by atoms with van der Waals surface area (Å²) in [6, 6.07) is 21.2. The van der Waals surface area contributed by atoms with Gasteiger partial charge in [-0.15, -0.1) is 22.7 Å². The van der Waals surface area contributed by atoms with E-state index in [9.17, 15) is 0 Å². The van der Waals surface area contributed by atoms with Gasteiger partial charge in [-0.2, -0.15) is 0 Å². The maximum Gasteiger partial charge on any atom is 0.494 e. The number of thiophene rings is 2. The van der Waals surface area contributed by atoms with Crippen molar-refractivity contribution in [2.75, 3.05) is 0 Å². The first kappa shape index (κ1) is 30.6. The normalized spacial score (nSPS) is 20.1. The number of benzene rings is 2. The van der Waals surface area contributed by atoms with Gasteiger partial charge in [0.2, 0.25) is 0 Å². The fraction of sp³-hybridized carbons (Fsp3) is 0.412. The van der Waals surface area contributed by atoms with Gasteiger partial charge in [-0.25, -0.2) is 0 Å². The maximum atomic E-state index is 6.71. The van der Waals surface area contributed by atoms with Crippen molar-refractivity contribution >= 4 is 47.8 Å². The fourth-order valence-electron chi connectivity index (χ4n) is 5.19. The van der Waals surface area contributed by atoms with Crippen LogP contribution in [0.5, 0.6) is 11.5 Å². The minimum Gasteiger partial charge on any atom is -0.457 e. The zero-order valence-corrected chi connectivity index (χ0v) is 28.4. The molecule has 0 N–H and O–H groups in total. The van der Waals surface area contributed by atoms with Gasteiger partial charge in [0.25, 0.3) is 0 Å². The number of rotatable bonds is 6. The number of ether oxygens (including phenoxy) is 1. The molecule has 5 nitrogen and oxygen atoms in total. The summed E-state index contributed by atoms with van der Waals surface area (Å²) in [4.78, 5) is 4.84. The molecule has 2 aliphatic heterocycles. The van der Waals surface area contributed by atoms with Crippen LogP contribution in [-0.2, 0) is 18.6 Å². The van der Waals surface area contributed by atoms with Gasteiger partial charge in [-0.3, -0.25) is 0 Å². The zero-order valence-electron chi connectivity index (χ0n) is 26.8. The van der Waals surface area contributed by atoms with Crippen LogP contribution in [0.15, 0.2) is 60.7 Å². The highest BCUT2D eigenvalue weighted by Gasteiger charge is 2.53. The molecule has 0 atom stereocenters. The zero-order chi connectivity index (χ0) is 30.9. The summed E-state index contributed by atoms with van der Waals surface area (Å²) in [6.07, 6.45) is 0. The Kier molecular flexibility index (Phi) is 7.56. The van der Waals surface area contributed by atoms with E-state index < -0.39 is 36.6 Å². The van der Waals surface area contributed by atoms with Gasteiger partial charge in [0.15, 0.2) is 0 Å². The molecule has 2 aliphatic rings. The summed E-state index contributed by atoms with van der Waals surface area (Å²) in [6.45, 7) is 20.9. The molecule has 4 heterocycles. The Bertz CT molecular complexity index is 1510. The molecule has 43 heavy (non-hydrogen) atoms. The first-order valence-electron chi connectivity index (χ1n) is 14.8. The molecule has 0 radical (unpaired) electrons. The highest BCUT2D eigenvalue weighted by molar-refractivity contribution is 7.15. The molecule has 0 aliphatic carbocycles. The Morgan fingerprint density at radius 1 is 0.512 bits per heavy atom. The third-order valence-corrected chi connectivity index (χ3v) is 11.3. The first-order chi connectivity index (χ1) is 20.0. The van der Waals surface area contributed by atoms with Gasteiger partial charge in [0.1, 0.15) is 11.5 Å². The summed E-state index contributed by atoms with van der Waals surface area (Å²) in [7, 11) is -1.01. The quantitative estimate of drug-likeness (QED) is 0.205. The molecule has 6 rings (SSSR count). The van der Waals surface area contributed by atoms with Crippen LogP contribution in [0.1, 0.15) is 65.1 Å². The Morgan fingerprint density at radius 3 is 1.16 bits per heavy atom. The molecule has 2 saturated heterocycles. The van der Waals surface area contributed by atoms with Crippen LogP contribution >= 0.6 is 22.7 Å². The van der Waals surface area contributed by atoms with E-state index in [1.807, 2.05) is 12.1 Å². The minimum absolute atomic E-state index is 0.445. The molecule has 0 saturated carbocycles. The van der Waals surface area contributed by atoms with Crippen LogP contribution < -0.4 is 15.7 Å². The van der Waals surface area contributed by atoms with Crippen LogP contribution in [-0.4, -0.2) is 36.6 Å². The van der Waals surface area contributed by atoms with Crippen molar-refractivity contribution in [1.29, 1.82) is 0 Å². The van der Waals surface area contributed by atoms with Crippen LogP contribution in [0.4, 0.5) is 0 Å². The van der Waals surface area contributed by atoms with Crippen molar-refractivity contribution in [1.82, 2.24) is 0 Å². The van der Waals surface area contributed by atoms with Gasteiger partial charge >= 0.3 is 14.2 Å². The van der Waals surface area contributed by atoms with Crippen LogP contribution in [0.25, 0.3) is 20.9 Å². The molecule has 0 bridgehead atoms. The van der Waals surface area contributed by atoms with E-state index in [0.717, 1.165) is 22.1 Å². The predicted octanol–water partition coefficient (Wildman–Crippen LogP) is 8.15. The van der Waals surface area contributed by atoms with Crippen molar-refractivity contribution in [3.05, 3.63) is 70.4 Å². The Morgan fingerprint density at radius 2 is 0.860 bits per heavy atom. The van der Waals surface area contributed by atoms with Crippen LogP contribution in [0.3, 0.4) is 0 Å². The van der Waals surface area contributed by atoms with Gasteiger partial charge in [0, 0.05) is 19.5 Å². The molecule has 4 aromatic rings. The van der Waals surface area contributed by atoms with Crippen molar-refractivity contribution in [2.45, 2.75) is 91.6 Å². The number of aryl methyl sites for hydroxylation is 2. The van der Waals surface area contributed by atoms with Crippen LogP contribution in [0, 0.1) is 13.8 Å². The molecule has 9 heteroatoms. The lowest BCUT2D eigenvalue weighted by Gasteiger charge is -2.32. The Hall–Kier alpha value is -2.39. The van der Waals surface area contributed by atoms with Crippen molar-refractivity contribution in [3.8, 4) is 32.4 Å². The van der Waals surface area contributed by atoms with Gasteiger partial charge in [-0.05, 0) is 140 Å². The topological polar surface area (TPSA) is 46.2 Å². The Labute approximate surface area is 264 Å². The van der Waals surface area contributed by atoms with Gasteiger partial charge in [-0.1, -0.05) is 12.1 Å². The molecule has 2 aromatic heterocycles. The van der Waals surface area contributed by atoms with Gasteiger partial charge < -0.3 is 23.4 Å². The molecule has 2 aromatic carbocycles. The smallest absolute Gasteiger partial charge is 0.457 e. The third kappa shape index (κ3) is 5.88. The van der Waals surface area contributed by atoms with Crippen molar-refractivity contribution in [2.24, 2.45) is 0 Å². The predicted molar refractivity (Wildman–Crippen MR) is 180 cm³/mol. The second kappa shape index (κ2) is 10.6. The number of hydrogen-bond acceptors (Lipinski definition) is 7. The first-order valence-corrected chi connectivity index (χ1v) is 16.5. The lowest BCUT2D eigenvalue weighted by Crippen LogP contribution is -2.41. The van der Waals surface area contributed by atoms with Crippen molar-refractivity contribution in [3.63, 3.8) is 0 Å². The molecule has 0 unspecified atom stereocenters. The van der Waals surface area contributed by atoms with E-state index in [1.165, 1.54) is 19.5 Å². The molecule has 0 spiro atoms. The lowest BCUT2D eigenvalue weighted by atomic mass is 9.78. The highest BCUT2D eigenvalue weighted by Crippen LogP contribution is 2.40. The molecular formula is C34H40B2O5S2. The summed E-state index contributed by atoms with van der Waals surface area (Å²) >= 11 is 3.52. The minimum atomic E-state index is -0.505. The van der Waals surface area contributed by atoms with E-state index in [1.54, 1.807) is 22.7 Å². The summed E-state index contributed by atoms with van der Waals surface area (Å²) in [5.41, 5.74) is 2.20. The largest absolute Gasteiger partial charge is 0.494 e. The van der Waals surface area contributed by atoms with E-state index in [4.69, 9.17) is 23.4 Å². The average molecular weight is 614 g/mol. The molecular weight excluding hydrogens is 574 g/mol. The average Bonchev–Trinajstić information content (AvgIpc) is 3.64. The van der Waals surface area contributed by atoms with Crippen molar-refractivity contribution < 1.29 is 23.4 Å². The summed E-state index contributed by atoms with van der Waals surface area (Å²) < 4.78 is 32.5. The standard InChI is InChI=1S/C34H40B2O5S2/c1-21-11-13-29(42-21)23-15-25(35-38-31(3,4)32(5,6)39-35)19-27(17-23)37-28-18-24(30-14-12-22(2)43-30)16-26(20-28)36-40-33(7,8)34(9,10)41-36/h11-20H,1-10H3. The lowest BCUT2D eigenvalue weighted by molar-refractivity contribution is 0.00578. The third-order valence-electron chi connectivity index (χ3n) is 9.19. The van der Waals surface area contributed by atoms with E-state index in [2.05, 4.69) is 118 Å². The number of hydrogen-bond donors (Lipinski definition) is 0. The second-order valence-corrected chi connectivity index (χ2v) is 16.3.